The highest BCUT2D eigenvalue weighted by atomic mass is 32.2. The molecule has 0 radical (unpaired) electrons. The molecule has 1 amide bonds. The van der Waals surface area contributed by atoms with Crippen LogP contribution in [-0.2, 0) is 21.4 Å². The number of fused-ring (bicyclic) bond motifs is 3. The summed E-state index contributed by atoms with van der Waals surface area (Å²) in [5.74, 6) is -0.167. The summed E-state index contributed by atoms with van der Waals surface area (Å²) < 4.78 is 28.6. The third-order valence-electron chi connectivity index (χ3n) is 5.68. The number of aromatic nitrogens is 1. The van der Waals surface area contributed by atoms with Gasteiger partial charge in [-0.3, -0.25) is 4.79 Å². The van der Waals surface area contributed by atoms with Gasteiger partial charge in [0.2, 0.25) is 15.9 Å². The lowest BCUT2D eigenvalue weighted by Gasteiger charge is -2.23. The lowest BCUT2D eigenvalue weighted by atomic mass is 10.1. The van der Waals surface area contributed by atoms with E-state index in [0.717, 1.165) is 22.8 Å². The largest absolute Gasteiger partial charge is 0.341 e. The molecular weight excluding hydrogens is 386 g/mol. The van der Waals surface area contributed by atoms with E-state index in [9.17, 15) is 13.2 Å². The maximum atomic E-state index is 12.9. The Labute approximate surface area is 171 Å². The van der Waals surface area contributed by atoms with Crippen molar-refractivity contribution in [3.8, 4) is 0 Å². The van der Waals surface area contributed by atoms with Crippen molar-refractivity contribution in [3.05, 3.63) is 42.5 Å². The number of rotatable bonds is 6. The fourth-order valence-electron chi connectivity index (χ4n) is 4.41. The zero-order chi connectivity index (χ0) is 20.6. The van der Waals surface area contributed by atoms with Gasteiger partial charge in [-0.25, -0.2) is 8.42 Å². The van der Waals surface area contributed by atoms with Crippen LogP contribution in [0.5, 0.6) is 0 Å². The van der Waals surface area contributed by atoms with E-state index in [1.165, 1.54) is 9.82 Å². The lowest BCUT2D eigenvalue weighted by molar-refractivity contribution is -0.119. The molecule has 29 heavy (non-hydrogen) atoms. The van der Waals surface area contributed by atoms with Gasteiger partial charge >= 0.3 is 0 Å². The molecule has 1 aliphatic rings. The van der Waals surface area contributed by atoms with Gasteiger partial charge < -0.3 is 9.88 Å². The summed E-state index contributed by atoms with van der Waals surface area (Å²) in [4.78, 5) is 12.9. The molecule has 0 bridgehead atoms. The van der Waals surface area contributed by atoms with Crippen molar-refractivity contribution in [2.24, 2.45) is 0 Å². The minimum Gasteiger partial charge on any atom is -0.341 e. The second kappa shape index (κ2) is 7.80. The molecule has 0 unspecified atom stereocenters. The highest BCUT2D eigenvalue weighted by Crippen LogP contribution is 2.31. The molecule has 1 fully saturated rings. The monoisotopic (exact) mass is 413 g/mol. The lowest BCUT2D eigenvalue weighted by Crippen LogP contribution is -2.44. The van der Waals surface area contributed by atoms with Gasteiger partial charge in [-0.2, -0.15) is 4.31 Å². The van der Waals surface area contributed by atoms with E-state index in [1.807, 2.05) is 37.3 Å². The molecule has 2 aromatic carbocycles. The van der Waals surface area contributed by atoms with E-state index in [2.05, 4.69) is 28.9 Å². The number of anilines is 1. The van der Waals surface area contributed by atoms with Crippen molar-refractivity contribution in [2.75, 3.05) is 17.6 Å². The number of sulfonamides is 1. The normalized spacial score (nSPS) is 17.9. The second-order valence-electron chi connectivity index (χ2n) is 7.57. The zero-order valence-corrected chi connectivity index (χ0v) is 17.7. The Kier molecular flexibility index (Phi) is 5.36. The summed E-state index contributed by atoms with van der Waals surface area (Å²) in [7, 11) is -3.39. The van der Waals surface area contributed by atoms with Crippen LogP contribution in [-0.4, -0.2) is 41.5 Å². The first-order chi connectivity index (χ1) is 14.0. The van der Waals surface area contributed by atoms with Crippen LogP contribution in [0.2, 0.25) is 0 Å². The van der Waals surface area contributed by atoms with Crippen LogP contribution >= 0.6 is 0 Å². The number of hydrogen-bond donors (Lipinski definition) is 1. The highest BCUT2D eigenvalue weighted by molar-refractivity contribution is 7.89. The second-order valence-corrected chi connectivity index (χ2v) is 9.61. The molecule has 1 atom stereocenters. The molecule has 0 spiro atoms. The first-order valence-electron chi connectivity index (χ1n) is 10.3. The Morgan fingerprint density at radius 2 is 1.86 bits per heavy atom. The predicted octanol–water partition coefficient (Wildman–Crippen LogP) is 3.96. The molecule has 1 N–H and O–H groups in total. The van der Waals surface area contributed by atoms with Crippen LogP contribution in [0.25, 0.3) is 21.8 Å². The van der Waals surface area contributed by atoms with Crippen LogP contribution in [0, 0.1) is 0 Å². The number of nitrogens with zero attached hydrogens (tertiary/aromatic N) is 2. The van der Waals surface area contributed by atoms with Crippen LogP contribution in [0.1, 0.15) is 33.1 Å². The Morgan fingerprint density at radius 3 is 2.62 bits per heavy atom. The summed E-state index contributed by atoms with van der Waals surface area (Å²) in [5.41, 5.74) is 2.99. The van der Waals surface area contributed by atoms with E-state index in [4.69, 9.17) is 0 Å². The molecule has 2 heterocycles. The smallest absolute Gasteiger partial charge is 0.242 e. The molecule has 4 rings (SSSR count). The van der Waals surface area contributed by atoms with Gasteiger partial charge in [0.25, 0.3) is 0 Å². The molecule has 6 nitrogen and oxygen atoms in total. The number of nitrogens with one attached hydrogen (secondary N) is 1. The van der Waals surface area contributed by atoms with Crippen LogP contribution in [0.4, 0.5) is 5.69 Å². The number of para-hydroxylation sites is 1. The van der Waals surface area contributed by atoms with Gasteiger partial charge in [0.1, 0.15) is 6.04 Å². The van der Waals surface area contributed by atoms with E-state index in [-0.39, 0.29) is 11.7 Å². The SMILES string of the molecule is CCCS(=O)(=O)N1CCC[C@@H]1C(=O)Nc1ccc2c(c1)c1ccccc1n2CC. The summed E-state index contributed by atoms with van der Waals surface area (Å²) in [6, 6.07) is 13.5. The average molecular weight is 414 g/mol. The van der Waals surface area contributed by atoms with Gasteiger partial charge in [0.05, 0.1) is 5.75 Å². The van der Waals surface area contributed by atoms with E-state index >= 15 is 0 Å². The molecule has 1 aliphatic heterocycles. The number of amides is 1. The van der Waals surface area contributed by atoms with Gasteiger partial charge in [-0.15, -0.1) is 0 Å². The number of carbonyl (C=O) groups is 1. The maximum absolute atomic E-state index is 12.9. The van der Waals surface area contributed by atoms with E-state index < -0.39 is 16.1 Å². The molecule has 0 aliphatic carbocycles. The predicted molar refractivity (Wildman–Crippen MR) is 118 cm³/mol. The van der Waals surface area contributed by atoms with Crippen molar-refractivity contribution in [1.29, 1.82) is 0 Å². The Bertz CT molecular complexity index is 1170. The Morgan fingerprint density at radius 1 is 1.10 bits per heavy atom. The Hall–Kier alpha value is -2.38. The average Bonchev–Trinajstić information content (AvgIpc) is 3.31. The quantitative estimate of drug-likeness (QED) is 0.665. The third-order valence-corrected chi connectivity index (χ3v) is 7.76. The van der Waals surface area contributed by atoms with Crippen molar-refractivity contribution >= 4 is 43.4 Å². The van der Waals surface area contributed by atoms with E-state index in [1.54, 1.807) is 0 Å². The standard InChI is InChI=1S/C22H27N3O3S/c1-3-14-29(27,28)25-13-7-10-21(25)22(26)23-16-11-12-20-18(15-16)17-8-5-6-9-19(17)24(20)4-2/h5-6,8-9,11-12,15,21H,3-4,7,10,13-14H2,1-2H3,(H,23,26)/t21-/m1/s1. The Balaban J connectivity index is 1.64. The van der Waals surface area contributed by atoms with Crippen LogP contribution < -0.4 is 5.32 Å². The number of carbonyl (C=O) groups excluding carboxylic acids is 1. The molecule has 0 saturated carbocycles. The van der Waals surface area contributed by atoms with Gasteiger partial charge in [-0.05, 0) is 50.5 Å². The van der Waals surface area contributed by atoms with Crippen molar-refractivity contribution < 1.29 is 13.2 Å². The van der Waals surface area contributed by atoms with Crippen molar-refractivity contribution in [1.82, 2.24) is 8.87 Å². The molecule has 154 valence electrons. The zero-order valence-electron chi connectivity index (χ0n) is 16.9. The van der Waals surface area contributed by atoms with Gasteiger partial charge in [-0.1, -0.05) is 25.1 Å². The maximum Gasteiger partial charge on any atom is 0.242 e. The third kappa shape index (κ3) is 3.53. The van der Waals surface area contributed by atoms with Gasteiger partial charge in [0, 0.05) is 40.6 Å². The van der Waals surface area contributed by atoms with Crippen LogP contribution in [0.3, 0.4) is 0 Å². The fraction of sp³-hybridized carbons (Fsp3) is 0.409. The number of aryl methyl sites for hydroxylation is 1. The van der Waals surface area contributed by atoms with Crippen molar-refractivity contribution in [3.63, 3.8) is 0 Å². The first-order valence-corrected chi connectivity index (χ1v) is 11.9. The molecule has 3 aromatic rings. The summed E-state index contributed by atoms with van der Waals surface area (Å²) in [5, 5.41) is 5.19. The van der Waals surface area contributed by atoms with Crippen LogP contribution in [0.15, 0.2) is 42.5 Å². The van der Waals surface area contributed by atoms with Crippen molar-refractivity contribution in [2.45, 2.75) is 45.7 Å². The molecule has 7 heteroatoms. The molecule has 1 aromatic heterocycles. The number of hydrogen-bond acceptors (Lipinski definition) is 3. The number of benzene rings is 2. The summed E-state index contributed by atoms with van der Waals surface area (Å²) in [6.45, 7) is 5.24. The van der Waals surface area contributed by atoms with Gasteiger partial charge in [0.15, 0.2) is 0 Å². The fourth-order valence-corrected chi connectivity index (χ4v) is 6.15. The summed E-state index contributed by atoms with van der Waals surface area (Å²) in [6.07, 6.45) is 1.82. The van der Waals surface area contributed by atoms with E-state index in [0.29, 0.717) is 31.5 Å². The topological polar surface area (TPSA) is 71.4 Å². The first kappa shape index (κ1) is 19.9. The minimum atomic E-state index is -3.39. The minimum absolute atomic E-state index is 0.0826. The molecular formula is C22H27N3O3S. The molecule has 1 saturated heterocycles. The summed E-state index contributed by atoms with van der Waals surface area (Å²) >= 11 is 0. The highest BCUT2D eigenvalue weighted by Gasteiger charge is 2.38.